The molecule has 0 unspecified atom stereocenters. The molecule has 0 saturated carbocycles. The standard InChI is InChI=1S/C27H31ClN6O2.2ClH/c1-18(2)30-25(35)17-34-15-12-23(13-16-34)31-26(36)20-5-9-22(10-6-20)32-27-29-14-11-24(33-27)19-3-7-21(28)8-4-19;;/h3-11,14,18,23H,12-13,15-17H2,1-2H3,(H,30,35)(H,31,36)(H,29,32,33);2*1H. The lowest BCUT2D eigenvalue weighted by Crippen LogP contribution is -2.48. The molecule has 3 N–H and O–H groups in total. The van der Waals surface area contributed by atoms with E-state index in [2.05, 4.69) is 30.8 Å². The summed E-state index contributed by atoms with van der Waals surface area (Å²) >= 11 is 5.97. The minimum Gasteiger partial charge on any atom is -0.353 e. The van der Waals surface area contributed by atoms with Crippen molar-refractivity contribution in [1.82, 2.24) is 25.5 Å². The lowest BCUT2D eigenvalue weighted by atomic mass is 10.0. The summed E-state index contributed by atoms with van der Waals surface area (Å²) in [5, 5.41) is 9.90. The summed E-state index contributed by atoms with van der Waals surface area (Å²) in [6.45, 7) is 5.88. The van der Waals surface area contributed by atoms with Crippen molar-refractivity contribution in [1.29, 1.82) is 0 Å². The Bertz CT molecular complexity index is 1180. The minimum atomic E-state index is -0.0986. The summed E-state index contributed by atoms with van der Waals surface area (Å²) in [5.74, 6) is 0.412. The van der Waals surface area contributed by atoms with Crippen LogP contribution >= 0.6 is 36.4 Å². The Morgan fingerprint density at radius 2 is 1.66 bits per heavy atom. The molecule has 38 heavy (non-hydrogen) atoms. The molecule has 1 fully saturated rings. The van der Waals surface area contributed by atoms with E-state index >= 15 is 0 Å². The number of hydrogen-bond acceptors (Lipinski definition) is 6. The molecule has 1 aliphatic heterocycles. The molecule has 0 bridgehead atoms. The first kappa shape index (κ1) is 31.3. The van der Waals surface area contributed by atoms with Crippen LogP contribution in [0.15, 0.2) is 60.8 Å². The van der Waals surface area contributed by atoms with Gasteiger partial charge in [-0.15, -0.1) is 24.8 Å². The Hall–Kier alpha value is -2.91. The summed E-state index contributed by atoms with van der Waals surface area (Å²) in [7, 11) is 0. The van der Waals surface area contributed by atoms with Gasteiger partial charge >= 0.3 is 0 Å². The molecule has 0 radical (unpaired) electrons. The Balaban J connectivity index is 0.00000253. The van der Waals surface area contributed by atoms with Crippen molar-refractivity contribution < 1.29 is 9.59 Å². The summed E-state index contributed by atoms with van der Waals surface area (Å²) in [4.78, 5) is 35.7. The molecule has 1 aliphatic rings. The van der Waals surface area contributed by atoms with E-state index in [1.807, 2.05) is 56.3 Å². The van der Waals surface area contributed by atoms with Gasteiger partial charge in [0.05, 0.1) is 12.2 Å². The molecule has 11 heteroatoms. The second kappa shape index (κ2) is 14.9. The highest BCUT2D eigenvalue weighted by Crippen LogP contribution is 2.22. The molecule has 1 saturated heterocycles. The second-order valence-corrected chi connectivity index (χ2v) is 9.66. The third-order valence-corrected chi connectivity index (χ3v) is 6.19. The highest BCUT2D eigenvalue weighted by Gasteiger charge is 2.22. The maximum Gasteiger partial charge on any atom is 0.251 e. The molecule has 8 nitrogen and oxygen atoms in total. The molecular weight excluding hydrogens is 547 g/mol. The minimum absolute atomic E-state index is 0. The number of carbonyl (C=O) groups excluding carboxylic acids is 2. The summed E-state index contributed by atoms with van der Waals surface area (Å²) in [6, 6.07) is 16.8. The van der Waals surface area contributed by atoms with Gasteiger partial charge in [0.25, 0.3) is 5.91 Å². The lowest BCUT2D eigenvalue weighted by molar-refractivity contribution is -0.123. The monoisotopic (exact) mass is 578 g/mol. The smallest absolute Gasteiger partial charge is 0.251 e. The van der Waals surface area contributed by atoms with Gasteiger partial charge < -0.3 is 16.0 Å². The second-order valence-electron chi connectivity index (χ2n) is 9.22. The van der Waals surface area contributed by atoms with Crippen LogP contribution < -0.4 is 16.0 Å². The number of carbonyl (C=O) groups is 2. The van der Waals surface area contributed by atoms with Crippen molar-refractivity contribution >= 4 is 59.9 Å². The van der Waals surface area contributed by atoms with Crippen molar-refractivity contribution in [3.05, 3.63) is 71.4 Å². The zero-order valence-corrected chi connectivity index (χ0v) is 23.7. The molecule has 3 aromatic rings. The first-order valence-electron chi connectivity index (χ1n) is 12.1. The van der Waals surface area contributed by atoms with Gasteiger partial charge in [0, 0.05) is 53.2 Å². The van der Waals surface area contributed by atoms with Crippen molar-refractivity contribution in [3.63, 3.8) is 0 Å². The Morgan fingerprint density at radius 3 is 2.29 bits per heavy atom. The van der Waals surface area contributed by atoms with Gasteiger partial charge in [-0.05, 0) is 69.2 Å². The number of rotatable bonds is 8. The van der Waals surface area contributed by atoms with Crippen molar-refractivity contribution in [2.24, 2.45) is 0 Å². The molecule has 2 heterocycles. The van der Waals surface area contributed by atoms with Crippen LogP contribution in [0.4, 0.5) is 11.6 Å². The van der Waals surface area contributed by atoms with E-state index in [1.165, 1.54) is 0 Å². The fourth-order valence-electron chi connectivity index (χ4n) is 4.11. The van der Waals surface area contributed by atoms with Gasteiger partial charge in [0.2, 0.25) is 11.9 Å². The molecule has 2 amide bonds. The molecule has 2 aromatic carbocycles. The predicted octanol–water partition coefficient (Wildman–Crippen LogP) is 5.10. The molecule has 0 atom stereocenters. The predicted molar refractivity (Wildman–Crippen MR) is 157 cm³/mol. The molecule has 204 valence electrons. The van der Waals surface area contributed by atoms with E-state index in [1.54, 1.807) is 18.3 Å². The number of hydrogen-bond donors (Lipinski definition) is 3. The van der Waals surface area contributed by atoms with Gasteiger partial charge in [-0.25, -0.2) is 9.97 Å². The van der Waals surface area contributed by atoms with Crippen LogP contribution in [0, 0.1) is 0 Å². The highest BCUT2D eigenvalue weighted by atomic mass is 35.5. The number of benzene rings is 2. The average molecular weight is 580 g/mol. The zero-order valence-electron chi connectivity index (χ0n) is 21.3. The van der Waals surface area contributed by atoms with Crippen LogP contribution in [0.1, 0.15) is 37.0 Å². The summed E-state index contributed by atoms with van der Waals surface area (Å²) < 4.78 is 0. The first-order valence-corrected chi connectivity index (χ1v) is 12.5. The first-order chi connectivity index (χ1) is 17.4. The maximum absolute atomic E-state index is 12.7. The normalized spacial score (nSPS) is 13.7. The lowest BCUT2D eigenvalue weighted by Gasteiger charge is -2.32. The van der Waals surface area contributed by atoms with Gasteiger partial charge in [0.15, 0.2) is 0 Å². The molecule has 4 rings (SSSR count). The van der Waals surface area contributed by atoms with Gasteiger partial charge in [0.1, 0.15) is 0 Å². The number of nitrogens with zero attached hydrogens (tertiary/aromatic N) is 3. The van der Waals surface area contributed by atoms with Crippen molar-refractivity contribution in [2.75, 3.05) is 25.0 Å². The van der Waals surface area contributed by atoms with Crippen molar-refractivity contribution in [3.8, 4) is 11.3 Å². The van der Waals surface area contributed by atoms with Crippen LogP contribution in [-0.2, 0) is 4.79 Å². The Labute approximate surface area is 240 Å². The van der Waals surface area contributed by atoms with E-state index < -0.39 is 0 Å². The van der Waals surface area contributed by atoms with Gasteiger partial charge in [-0.1, -0.05) is 23.7 Å². The van der Waals surface area contributed by atoms with Crippen LogP contribution in [-0.4, -0.2) is 58.4 Å². The maximum atomic E-state index is 12.7. The third-order valence-electron chi connectivity index (χ3n) is 5.94. The molecule has 1 aromatic heterocycles. The summed E-state index contributed by atoms with van der Waals surface area (Å²) in [6.07, 6.45) is 3.34. The number of aromatic nitrogens is 2. The summed E-state index contributed by atoms with van der Waals surface area (Å²) in [5.41, 5.74) is 3.11. The van der Waals surface area contributed by atoms with E-state index in [4.69, 9.17) is 11.6 Å². The number of halogens is 3. The fraction of sp³-hybridized carbons (Fsp3) is 0.333. The highest BCUT2D eigenvalue weighted by molar-refractivity contribution is 6.30. The quantitative estimate of drug-likeness (QED) is 0.343. The topological polar surface area (TPSA) is 99.2 Å². The largest absolute Gasteiger partial charge is 0.353 e. The number of piperidine rings is 1. The van der Waals surface area contributed by atoms with E-state index in [-0.39, 0.29) is 48.7 Å². The Kier molecular flexibility index (Phi) is 12.3. The van der Waals surface area contributed by atoms with E-state index in [0.29, 0.717) is 23.1 Å². The van der Waals surface area contributed by atoms with Crippen LogP contribution in [0.2, 0.25) is 5.02 Å². The molecule has 0 spiro atoms. The third kappa shape index (κ3) is 9.13. The molecule has 0 aliphatic carbocycles. The number of likely N-dealkylation sites (tertiary alicyclic amines) is 1. The van der Waals surface area contributed by atoms with E-state index in [0.717, 1.165) is 42.9 Å². The average Bonchev–Trinajstić information content (AvgIpc) is 2.86. The zero-order chi connectivity index (χ0) is 25.5. The van der Waals surface area contributed by atoms with Gasteiger partial charge in [-0.2, -0.15) is 0 Å². The van der Waals surface area contributed by atoms with E-state index in [9.17, 15) is 9.59 Å². The number of nitrogens with one attached hydrogen (secondary N) is 3. The SMILES string of the molecule is CC(C)NC(=O)CN1CCC(NC(=O)c2ccc(Nc3nccc(-c4ccc(Cl)cc4)n3)cc2)CC1.Cl.Cl. The Morgan fingerprint density at radius 1 is 1.00 bits per heavy atom. The molecular formula is C27H33Cl3N6O2. The van der Waals surface area contributed by atoms with Crippen molar-refractivity contribution in [2.45, 2.75) is 38.8 Å². The fourth-order valence-corrected chi connectivity index (χ4v) is 4.24. The van der Waals surface area contributed by atoms with Gasteiger partial charge in [-0.3, -0.25) is 14.5 Å². The number of anilines is 2. The van der Waals surface area contributed by atoms with Crippen LogP contribution in [0.25, 0.3) is 11.3 Å². The van der Waals surface area contributed by atoms with Crippen LogP contribution in [0.5, 0.6) is 0 Å². The van der Waals surface area contributed by atoms with Crippen LogP contribution in [0.3, 0.4) is 0 Å². The number of amides is 2.